The molecular formula is C20H18N2OS. The summed E-state index contributed by atoms with van der Waals surface area (Å²) >= 11 is 1.35. The number of hydrogen-bond acceptors (Lipinski definition) is 4. The molecule has 2 aromatic rings. The molecule has 1 aromatic heterocycles. The SMILES string of the molecule is CN1C(=CC=C(C#N)C(=O)c2cccs2)C(C)(C)c2ccccc21. The first-order chi connectivity index (χ1) is 11.5. The molecule has 0 saturated carbocycles. The van der Waals surface area contributed by atoms with E-state index < -0.39 is 0 Å². The molecule has 0 aliphatic carbocycles. The minimum absolute atomic E-state index is 0.158. The number of allylic oxidation sites excluding steroid dienone is 4. The lowest BCUT2D eigenvalue weighted by Crippen LogP contribution is -2.22. The molecule has 3 nitrogen and oxygen atoms in total. The fraction of sp³-hybridized carbons (Fsp3) is 0.200. The van der Waals surface area contributed by atoms with Gasteiger partial charge in [0, 0.05) is 23.8 Å². The molecule has 0 unspecified atom stereocenters. The molecule has 1 aliphatic heterocycles. The molecular weight excluding hydrogens is 316 g/mol. The Kier molecular flexibility index (Phi) is 4.13. The summed E-state index contributed by atoms with van der Waals surface area (Å²) in [6.45, 7) is 4.31. The highest BCUT2D eigenvalue weighted by Crippen LogP contribution is 2.46. The highest BCUT2D eigenvalue weighted by Gasteiger charge is 2.37. The summed E-state index contributed by atoms with van der Waals surface area (Å²) in [6, 6.07) is 13.9. The summed E-state index contributed by atoms with van der Waals surface area (Å²) in [7, 11) is 2.01. The van der Waals surface area contributed by atoms with Crippen molar-refractivity contribution in [2.45, 2.75) is 19.3 Å². The van der Waals surface area contributed by atoms with Crippen molar-refractivity contribution in [3.05, 3.63) is 75.6 Å². The van der Waals surface area contributed by atoms with Crippen LogP contribution in [0.3, 0.4) is 0 Å². The van der Waals surface area contributed by atoms with Crippen molar-refractivity contribution in [1.82, 2.24) is 0 Å². The maximum Gasteiger partial charge on any atom is 0.213 e. The first kappa shape index (κ1) is 16.2. The number of nitrogens with zero attached hydrogens (tertiary/aromatic N) is 2. The molecule has 0 radical (unpaired) electrons. The van der Waals surface area contributed by atoms with E-state index in [1.54, 1.807) is 12.1 Å². The molecule has 0 N–H and O–H groups in total. The summed E-state index contributed by atoms with van der Waals surface area (Å²) < 4.78 is 0. The van der Waals surface area contributed by atoms with E-state index in [1.165, 1.54) is 16.9 Å². The van der Waals surface area contributed by atoms with Gasteiger partial charge in [0.25, 0.3) is 0 Å². The van der Waals surface area contributed by atoms with Crippen LogP contribution in [0.1, 0.15) is 29.1 Å². The van der Waals surface area contributed by atoms with Crippen LogP contribution in [0, 0.1) is 11.3 Å². The van der Waals surface area contributed by atoms with Crippen molar-refractivity contribution < 1.29 is 4.79 Å². The van der Waals surface area contributed by atoms with Crippen molar-refractivity contribution in [2.75, 3.05) is 11.9 Å². The molecule has 4 heteroatoms. The Morgan fingerprint density at radius 1 is 1.25 bits per heavy atom. The average Bonchev–Trinajstić information content (AvgIpc) is 3.17. The van der Waals surface area contributed by atoms with Gasteiger partial charge < -0.3 is 4.90 Å². The second kappa shape index (κ2) is 6.10. The van der Waals surface area contributed by atoms with Crippen LogP contribution in [0.25, 0.3) is 0 Å². The van der Waals surface area contributed by atoms with Gasteiger partial charge in [0.05, 0.1) is 4.88 Å². The summed E-state index contributed by atoms with van der Waals surface area (Å²) in [6.07, 6.45) is 3.53. The van der Waals surface area contributed by atoms with Crippen LogP contribution < -0.4 is 4.90 Å². The van der Waals surface area contributed by atoms with Gasteiger partial charge in [-0.15, -0.1) is 11.3 Å². The summed E-state index contributed by atoms with van der Waals surface area (Å²) in [5.74, 6) is -0.222. The van der Waals surface area contributed by atoms with E-state index in [9.17, 15) is 10.1 Å². The first-order valence-corrected chi connectivity index (χ1v) is 8.59. The second-order valence-electron chi connectivity index (χ2n) is 6.25. The number of benzene rings is 1. The van der Waals surface area contributed by atoms with E-state index in [0.717, 1.165) is 11.4 Å². The molecule has 0 atom stereocenters. The topological polar surface area (TPSA) is 44.1 Å². The number of likely N-dealkylation sites (N-methyl/N-ethyl adjacent to an activating group) is 1. The van der Waals surface area contributed by atoms with Gasteiger partial charge in [-0.3, -0.25) is 4.79 Å². The summed E-state index contributed by atoms with van der Waals surface area (Å²) in [4.78, 5) is 15.1. The van der Waals surface area contributed by atoms with Gasteiger partial charge >= 0.3 is 0 Å². The summed E-state index contributed by atoms with van der Waals surface area (Å²) in [5.41, 5.74) is 3.45. The van der Waals surface area contributed by atoms with E-state index in [-0.39, 0.29) is 16.8 Å². The number of nitriles is 1. The Morgan fingerprint density at radius 3 is 2.62 bits per heavy atom. The molecule has 0 saturated heterocycles. The molecule has 120 valence electrons. The van der Waals surface area contributed by atoms with E-state index in [1.807, 2.05) is 42.8 Å². The van der Waals surface area contributed by atoms with E-state index in [0.29, 0.717) is 4.88 Å². The maximum atomic E-state index is 12.4. The molecule has 0 bridgehead atoms. The highest BCUT2D eigenvalue weighted by atomic mass is 32.1. The molecule has 24 heavy (non-hydrogen) atoms. The van der Waals surface area contributed by atoms with Crippen LogP contribution in [0.5, 0.6) is 0 Å². The van der Waals surface area contributed by atoms with Gasteiger partial charge in [-0.2, -0.15) is 5.26 Å². The van der Waals surface area contributed by atoms with Gasteiger partial charge in [0.15, 0.2) is 0 Å². The van der Waals surface area contributed by atoms with Gasteiger partial charge in [0.2, 0.25) is 5.78 Å². The average molecular weight is 334 g/mol. The van der Waals surface area contributed by atoms with Crippen molar-refractivity contribution >= 4 is 22.8 Å². The van der Waals surface area contributed by atoms with Gasteiger partial charge in [-0.05, 0) is 35.2 Å². The quantitative estimate of drug-likeness (QED) is 0.464. The zero-order valence-corrected chi connectivity index (χ0v) is 14.7. The van der Waals surface area contributed by atoms with Crippen LogP contribution in [0.15, 0.2) is 65.2 Å². The maximum absolute atomic E-state index is 12.4. The number of carbonyl (C=O) groups excluding carboxylic acids is 1. The highest BCUT2D eigenvalue weighted by molar-refractivity contribution is 7.12. The number of hydrogen-bond donors (Lipinski definition) is 0. The predicted molar refractivity (Wildman–Crippen MR) is 98.3 cm³/mol. The normalized spacial score (nSPS) is 17.7. The Labute approximate surface area is 146 Å². The fourth-order valence-corrected chi connectivity index (χ4v) is 3.85. The Balaban J connectivity index is 2.00. The van der Waals surface area contributed by atoms with Crippen LogP contribution in [-0.4, -0.2) is 12.8 Å². The zero-order chi connectivity index (χ0) is 17.3. The Morgan fingerprint density at radius 2 is 2.00 bits per heavy atom. The van der Waals surface area contributed by atoms with Crippen molar-refractivity contribution in [3.8, 4) is 6.07 Å². The van der Waals surface area contributed by atoms with Crippen LogP contribution in [0.2, 0.25) is 0 Å². The molecule has 1 aliphatic rings. The lowest BCUT2D eigenvalue weighted by molar-refractivity contribution is 0.104. The third-order valence-electron chi connectivity index (χ3n) is 4.46. The zero-order valence-electron chi connectivity index (χ0n) is 13.9. The number of rotatable bonds is 3. The molecule has 3 rings (SSSR count). The van der Waals surface area contributed by atoms with Crippen LogP contribution >= 0.6 is 11.3 Å². The smallest absolute Gasteiger partial charge is 0.213 e. The molecule has 1 aromatic carbocycles. The predicted octanol–water partition coefficient (Wildman–Crippen LogP) is 4.69. The second-order valence-corrected chi connectivity index (χ2v) is 7.20. The number of thiophene rings is 1. The molecule has 0 amide bonds. The monoisotopic (exact) mass is 334 g/mol. The van der Waals surface area contributed by atoms with Crippen molar-refractivity contribution in [3.63, 3.8) is 0 Å². The lowest BCUT2D eigenvalue weighted by Gasteiger charge is -2.23. The fourth-order valence-electron chi connectivity index (χ4n) is 3.17. The Bertz CT molecular complexity index is 883. The molecule has 0 fully saturated rings. The number of Topliss-reactive ketones (excluding diaryl/α,β-unsaturated/α-hetero) is 1. The van der Waals surface area contributed by atoms with Gasteiger partial charge in [-0.25, -0.2) is 0 Å². The third-order valence-corrected chi connectivity index (χ3v) is 5.33. The summed E-state index contributed by atoms with van der Waals surface area (Å²) in [5, 5.41) is 11.2. The van der Waals surface area contributed by atoms with Crippen LogP contribution in [0.4, 0.5) is 5.69 Å². The number of fused-ring (bicyclic) bond motifs is 1. The number of anilines is 1. The van der Waals surface area contributed by atoms with Crippen LogP contribution in [-0.2, 0) is 5.41 Å². The van der Waals surface area contributed by atoms with E-state index >= 15 is 0 Å². The standard InChI is InChI=1S/C20H18N2OS/c1-20(2)15-7-4-5-8-16(15)22(3)18(20)11-10-14(13-21)19(23)17-9-6-12-24-17/h4-12H,1-3H3. The number of carbonyl (C=O) groups is 1. The lowest BCUT2D eigenvalue weighted by atomic mass is 9.83. The first-order valence-electron chi connectivity index (χ1n) is 7.71. The van der Waals surface area contributed by atoms with Crippen molar-refractivity contribution in [2.24, 2.45) is 0 Å². The van der Waals surface area contributed by atoms with E-state index in [2.05, 4.69) is 30.9 Å². The molecule has 2 heterocycles. The molecule has 0 spiro atoms. The minimum Gasteiger partial charge on any atom is -0.347 e. The number of para-hydroxylation sites is 1. The Hall–Kier alpha value is -2.64. The van der Waals surface area contributed by atoms with Crippen molar-refractivity contribution in [1.29, 1.82) is 5.26 Å². The largest absolute Gasteiger partial charge is 0.347 e. The van der Waals surface area contributed by atoms with E-state index in [4.69, 9.17) is 0 Å². The third kappa shape index (κ3) is 2.57. The van der Waals surface area contributed by atoms with Gasteiger partial charge in [-0.1, -0.05) is 38.1 Å². The number of ketones is 1. The minimum atomic E-state index is -0.222. The van der Waals surface area contributed by atoms with Gasteiger partial charge in [0.1, 0.15) is 11.6 Å².